The largest absolute Gasteiger partial charge is 0.507 e. The number of nitrogens with one attached hydrogen (secondary N) is 1. The number of halogens is 2. The van der Waals surface area contributed by atoms with E-state index in [4.69, 9.17) is 23.2 Å². The Labute approximate surface area is 126 Å². The molecule has 0 radical (unpaired) electrons. The van der Waals surface area contributed by atoms with Gasteiger partial charge in [0.1, 0.15) is 5.75 Å². The predicted octanol–water partition coefficient (Wildman–Crippen LogP) is 4.14. The van der Waals surface area contributed by atoms with Gasteiger partial charge in [0.15, 0.2) is 0 Å². The highest BCUT2D eigenvalue weighted by Crippen LogP contribution is 2.31. The van der Waals surface area contributed by atoms with Gasteiger partial charge in [0.05, 0.1) is 21.8 Å². The minimum Gasteiger partial charge on any atom is -0.507 e. The van der Waals surface area contributed by atoms with Crippen LogP contribution in [0.1, 0.15) is 23.6 Å². The Hall–Kier alpha value is -1.71. The van der Waals surface area contributed by atoms with E-state index >= 15 is 0 Å². The summed E-state index contributed by atoms with van der Waals surface area (Å²) < 4.78 is 0. The zero-order valence-corrected chi connectivity index (χ0v) is 12.0. The molecule has 3 nitrogen and oxygen atoms in total. The summed E-state index contributed by atoms with van der Waals surface area (Å²) >= 11 is 12.0. The molecule has 102 valence electrons. The first-order chi connectivity index (χ1) is 9.65. The zero-order chi connectivity index (χ0) is 14.1. The number of phenols is 1. The van der Waals surface area contributed by atoms with Crippen LogP contribution >= 0.6 is 23.2 Å². The lowest BCUT2D eigenvalue weighted by molar-refractivity contribution is 0.474. The van der Waals surface area contributed by atoms with Crippen LogP contribution < -0.4 is 5.43 Å². The molecule has 0 bridgehead atoms. The maximum Gasteiger partial charge on any atom is 0.124 e. The van der Waals surface area contributed by atoms with Gasteiger partial charge in [0.2, 0.25) is 0 Å². The third-order valence-electron chi connectivity index (χ3n) is 3.31. The molecule has 0 aromatic heterocycles. The van der Waals surface area contributed by atoms with Crippen molar-refractivity contribution in [1.29, 1.82) is 0 Å². The molecule has 1 aliphatic heterocycles. The van der Waals surface area contributed by atoms with Gasteiger partial charge in [-0.05, 0) is 29.8 Å². The lowest BCUT2D eigenvalue weighted by atomic mass is 9.99. The molecule has 0 fully saturated rings. The molecule has 1 aliphatic rings. The van der Waals surface area contributed by atoms with Gasteiger partial charge in [-0.15, -0.1) is 0 Å². The molecule has 3 rings (SSSR count). The van der Waals surface area contributed by atoms with Gasteiger partial charge >= 0.3 is 0 Å². The van der Waals surface area contributed by atoms with Gasteiger partial charge in [-0.2, -0.15) is 5.10 Å². The predicted molar refractivity (Wildman–Crippen MR) is 81.6 cm³/mol. The molecule has 1 unspecified atom stereocenters. The summed E-state index contributed by atoms with van der Waals surface area (Å²) in [6.45, 7) is 0. The van der Waals surface area contributed by atoms with Crippen molar-refractivity contribution in [3.8, 4) is 5.75 Å². The SMILES string of the molecule is Oc1ccccc1C1=NNC(c2ccc(Cl)c(Cl)c2)C1. The van der Waals surface area contributed by atoms with Crippen LogP contribution in [-0.2, 0) is 0 Å². The third kappa shape index (κ3) is 2.47. The smallest absolute Gasteiger partial charge is 0.124 e. The van der Waals surface area contributed by atoms with Crippen LogP contribution in [-0.4, -0.2) is 10.8 Å². The molecule has 0 saturated heterocycles. The number of hydrogen-bond acceptors (Lipinski definition) is 3. The summed E-state index contributed by atoms with van der Waals surface area (Å²) in [4.78, 5) is 0. The highest BCUT2D eigenvalue weighted by atomic mass is 35.5. The molecular weight excluding hydrogens is 295 g/mol. The van der Waals surface area contributed by atoms with E-state index in [-0.39, 0.29) is 11.8 Å². The van der Waals surface area contributed by atoms with Crippen molar-refractivity contribution >= 4 is 28.9 Å². The number of nitrogens with zero attached hydrogens (tertiary/aromatic N) is 1. The van der Waals surface area contributed by atoms with Crippen molar-refractivity contribution in [2.24, 2.45) is 5.10 Å². The van der Waals surface area contributed by atoms with E-state index in [1.807, 2.05) is 24.3 Å². The van der Waals surface area contributed by atoms with E-state index in [9.17, 15) is 5.11 Å². The summed E-state index contributed by atoms with van der Waals surface area (Å²) in [6.07, 6.45) is 0.690. The van der Waals surface area contributed by atoms with E-state index in [2.05, 4.69) is 10.5 Å². The number of hydrogen-bond donors (Lipinski definition) is 2. The van der Waals surface area contributed by atoms with Gasteiger partial charge in [0, 0.05) is 12.0 Å². The molecule has 2 N–H and O–H groups in total. The molecule has 2 aromatic rings. The second-order valence-corrected chi connectivity index (χ2v) is 5.45. The fourth-order valence-electron chi connectivity index (χ4n) is 2.25. The van der Waals surface area contributed by atoms with Gasteiger partial charge < -0.3 is 10.5 Å². The summed E-state index contributed by atoms with van der Waals surface area (Å²) in [7, 11) is 0. The number of rotatable bonds is 2. The Morgan fingerprint density at radius 2 is 1.90 bits per heavy atom. The number of para-hydroxylation sites is 1. The van der Waals surface area contributed by atoms with Crippen LogP contribution in [0, 0.1) is 0 Å². The Morgan fingerprint density at radius 3 is 2.65 bits per heavy atom. The second-order valence-electron chi connectivity index (χ2n) is 4.64. The van der Waals surface area contributed by atoms with E-state index < -0.39 is 0 Å². The Morgan fingerprint density at radius 1 is 1.10 bits per heavy atom. The fourth-order valence-corrected chi connectivity index (χ4v) is 2.56. The number of phenolic OH excluding ortho intramolecular Hbond substituents is 1. The maximum atomic E-state index is 9.86. The quantitative estimate of drug-likeness (QED) is 0.876. The molecule has 0 saturated carbocycles. The summed E-state index contributed by atoms with van der Waals surface area (Å²) in [5.74, 6) is 0.239. The van der Waals surface area contributed by atoms with E-state index in [1.165, 1.54) is 0 Å². The highest BCUT2D eigenvalue weighted by molar-refractivity contribution is 6.42. The van der Waals surface area contributed by atoms with Crippen LogP contribution in [0.3, 0.4) is 0 Å². The molecule has 1 atom stereocenters. The minimum atomic E-state index is 0.0411. The summed E-state index contributed by atoms with van der Waals surface area (Å²) in [5, 5.41) is 15.2. The molecule has 0 amide bonds. The number of hydrazone groups is 1. The van der Waals surface area contributed by atoms with Gasteiger partial charge in [-0.3, -0.25) is 0 Å². The van der Waals surface area contributed by atoms with Crippen LogP contribution in [0.15, 0.2) is 47.6 Å². The normalized spacial score (nSPS) is 17.7. The summed E-state index contributed by atoms with van der Waals surface area (Å²) in [6, 6.07) is 12.8. The zero-order valence-electron chi connectivity index (χ0n) is 10.5. The lowest BCUT2D eigenvalue weighted by Gasteiger charge is -2.11. The molecule has 0 spiro atoms. The van der Waals surface area contributed by atoms with Crippen LogP contribution in [0.25, 0.3) is 0 Å². The molecule has 0 aliphatic carbocycles. The highest BCUT2D eigenvalue weighted by Gasteiger charge is 2.23. The average molecular weight is 307 g/mol. The van der Waals surface area contributed by atoms with Crippen molar-refractivity contribution < 1.29 is 5.11 Å². The molecule has 5 heteroatoms. The number of benzene rings is 2. The Balaban J connectivity index is 1.82. The van der Waals surface area contributed by atoms with E-state index in [1.54, 1.807) is 18.2 Å². The first kappa shape index (κ1) is 13.3. The lowest BCUT2D eigenvalue weighted by Crippen LogP contribution is -2.09. The topological polar surface area (TPSA) is 44.6 Å². The first-order valence-corrected chi connectivity index (χ1v) is 6.96. The standard InChI is InChI=1S/C15H12Cl2N2O/c16-11-6-5-9(7-12(11)17)13-8-14(19-18-13)10-3-1-2-4-15(10)20/h1-7,13,18,20H,8H2. The first-order valence-electron chi connectivity index (χ1n) is 6.20. The van der Waals surface area contributed by atoms with Crippen molar-refractivity contribution in [3.05, 3.63) is 63.6 Å². The van der Waals surface area contributed by atoms with Crippen molar-refractivity contribution in [2.75, 3.05) is 0 Å². The molecular formula is C15H12Cl2N2O. The Bertz CT molecular complexity index is 685. The monoisotopic (exact) mass is 306 g/mol. The summed E-state index contributed by atoms with van der Waals surface area (Å²) in [5.41, 5.74) is 5.68. The van der Waals surface area contributed by atoms with Gasteiger partial charge in [-0.1, -0.05) is 41.4 Å². The molecule has 1 heterocycles. The number of aromatic hydroxyl groups is 1. The van der Waals surface area contributed by atoms with E-state index in [0.29, 0.717) is 16.5 Å². The van der Waals surface area contributed by atoms with Crippen LogP contribution in [0.4, 0.5) is 0 Å². The molecule has 2 aromatic carbocycles. The average Bonchev–Trinajstić information content (AvgIpc) is 2.92. The van der Waals surface area contributed by atoms with Crippen LogP contribution in [0.2, 0.25) is 10.0 Å². The Kier molecular flexibility index (Phi) is 3.55. The van der Waals surface area contributed by atoms with E-state index in [0.717, 1.165) is 16.8 Å². The third-order valence-corrected chi connectivity index (χ3v) is 4.05. The molecule has 20 heavy (non-hydrogen) atoms. The minimum absolute atomic E-state index is 0.0411. The second kappa shape index (κ2) is 5.35. The maximum absolute atomic E-state index is 9.86. The van der Waals surface area contributed by atoms with Crippen molar-refractivity contribution in [1.82, 2.24) is 5.43 Å². The van der Waals surface area contributed by atoms with Crippen molar-refractivity contribution in [3.63, 3.8) is 0 Å². The van der Waals surface area contributed by atoms with Gasteiger partial charge in [0.25, 0.3) is 0 Å². The fraction of sp³-hybridized carbons (Fsp3) is 0.133. The van der Waals surface area contributed by atoms with Crippen LogP contribution in [0.5, 0.6) is 5.75 Å². The van der Waals surface area contributed by atoms with Gasteiger partial charge in [-0.25, -0.2) is 0 Å². The van der Waals surface area contributed by atoms with Crippen molar-refractivity contribution in [2.45, 2.75) is 12.5 Å².